The zero-order valence-corrected chi connectivity index (χ0v) is 13.6. The molecule has 1 saturated heterocycles. The summed E-state index contributed by atoms with van der Waals surface area (Å²) in [6.45, 7) is 3.92. The molecule has 0 spiro atoms. The third kappa shape index (κ3) is 3.91. The van der Waals surface area contributed by atoms with Gasteiger partial charge in [-0.1, -0.05) is 0 Å². The van der Waals surface area contributed by atoms with Gasteiger partial charge in [0.05, 0.1) is 30.7 Å². The van der Waals surface area contributed by atoms with Crippen molar-refractivity contribution in [3.05, 3.63) is 22.9 Å². The van der Waals surface area contributed by atoms with Gasteiger partial charge < -0.3 is 9.47 Å². The minimum Gasteiger partial charge on any atom is -0.485 e. The van der Waals surface area contributed by atoms with E-state index in [4.69, 9.17) is 9.47 Å². The third-order valence-corrected chi connectivity index (χ3v) is 5.29. The van der Waals surface area contributed by atoms with Crippen LogP contribution in [0.1, 0.15) is 13.8 Å². The van der Waals surface area contributed by atoms with Gasteiger partial charge in [0, 0.05) is 0 Å². The number of sulfonamides is 1. The first-order valence-electron chi connectivity index (χ1n) is 6.25. The van der Waals surface area contributed by atoms with Crippen LogP contribution in [0.5, 0.6) is 5.75 Å². The van der Waals surface area contributed by atoms with E-state index >= 15 is 0 Å². The Labute approximate surface area is 127 Å². The molecule has 0 aromatic carbocycles. The second kappa shape index (κ2) is 6.38. The maximum absolute atomic E-state index is 11.9. The average Bonchev–Trinajstić information content (AvgIpc) is 2.79. The van der Waals surface area contributed by atoms with Crippen molar-refractivity contribution in [1.29, 1.82) is 0 Å². The molecule has 1 aliphatic heterocycles. The number of nitrogens with one attached hydrogen (secondary N) is 1. The Kier molecular flexibility index (Phi) is 5.00. The van der Waals surface area contributed by atoms with Crippen molar-refractivity contribution in [2.75, 3.05) is 13.2 Å². The van der Waals surface area contributed by atoms with Gasteiger partial charge in [-0.3, -0.25) is 0 Å². The van der Waals surface area contributed by atoms with Gasteiger partial charge in [0.15, 0.2) is 0 Å². The zero-order valence-electron chi connectivity index (χ0n) is 11.2. The summed E-state index contributed by atoms with van der Waals surface area (Å²) in [5.41, 5.74) is 0. The lowest BCUT2D eigenvalue weighted by Crippen LogP contribution is -2.47. The molecule has 0 amide bonds. The van der Waals surface area contributed by atoms with Gasteiger partial charge in [0.25, 0.3) is 0 Å². The zero-order chi connectivity index (χ0) is 14.8. The van der Waals surface area contributed by atoms with Crippen molar-refractivity contribution in [3.63, 3.8) is 0 Å². The Balaban J connectivity index is 2.02. The van der Waals surface area contributed by atoms with Crippen molar-refractivity contribution in [1.82, 2.24) is 9.71 Å². The van der Waals surface area contributed by atoms with Gasteiger partial charge in [0.1, 0.15) is 16.5 Å². The number of pyridine rings is 1. The molecule has 8 heteroatoms. The van der Waals surface area contributed by atoms with Crippen LogP contribution >= 0.6 is 15.9 Å². The highest BCUT2D eigenvalue weighted by atomic mass is 79.9. The summed E-state index contributed by atoms with van der Waals surface area (Å²) in [7, 11) is -3.35. The van der Waals surface area contributed by atoms with E-state index in [1.807, 2.05) is 0 Å². The van der Waals surface area contributed by atoms with Gasteiger partial charge >= 0.3 is 0 Å². The topological polar surface area (TPSA) is 77.5 Å². The van der Waals surface area contributed by atoms with Crippen LogP contribution in [0.25, 0.3) is 0 Å². The van der Waals surface area contributed by atoms with E-state index in [0.717, 1.165) is 0 Å². The van der Waals surface area contributed by atoms with Crippen LogP contribution in [0, 0.1) is 0 Å². The standard InChI is InChI=1S/C12H17BrN2O4S/c1-8(2)20(16,17)15-10-6-18-7-11(10)19-9-3-4-12(13)14-5-9/h3-5,8,10-11,15H,6-7H2,1-2H3/t10-,11+/m0/s1. The number of hydrogen-bond acceptors (Lipinski definition) is 5. The second-order valence-electron chi connectivity index (χ2n) is 4.83. The van der Waals surface area contributed by atoms with Gasteiger partial charge in [-0.05, 0) is 41.9 Å². The molecule has 2 heterocycles. The van der Waals surface area contributed by atoms with Crippen molar-refractivity contribution < 1.29 is 17.9 Å². The third-order valence-electron chi connectivity index (χ3n) is 2.95. The van der Waals surface area contributed by atoms with Crippen LogP contribution in [-0.2, 0) is 14.8 Å². The number of nitrogens with zero attached hydrogens (tertiary/aromatic N) is 1. The summed E-state index contributed by atoms with van der Waals surface area (Å²) in [6.07, 6.45) is 1.22. The quantitative estimate of drug-likeness (QED) is 0.797. The second-order valence-corrected chi connectivity index (χ2v) is 7.91. The first-order chi connectivity index (χ1) is 9.38. The van der Waals surface area contributed by atoms with Gasteiger partial charge in [-0.2, -0.15) is 0 Å². The first kappa shape index (κ1) is 15.7. The predicted molar refractivity (Wildman–Crippen MR) is 78.2 cm³/mol. The van der Waals surface area contributed by atoms with Gasteiger partial charge in [-0.25, -0.2) is 18.1 Å². The highest BCUT2D eigenvalue weighted by Gasteiger charge is 2.34. The number of aromatic nitrogens is 1. The van der Waals surface area contributed by atoms with Crippen molar-refractivity contribution in [3.8, 4) is 5.75 Å². The predicted octanol–water partition coefficient (Wildman–Crippen LogP) is 1.32. The monoisotopic (exact) mass is 364 g/mol. The van der Waals surface area contributed by atoms with Crippen LogP contribution in [0.3, 0.4) is 0 Å². The average molecular weight is 365 g/mol. The van der Waals surface area contributed by atoms with E-state index in [1.165, 1.54) is 0 Å². The molecule has 1 N–H and O–H groups in total. The first-order valence-corrected chi connectivity index (χ1v) is 8.59. The molecule has 2 rings (SSSR count). The summed E-state index contributed by atoms with van der Waals surface area (Å²) in [6, 6.07) is 3.15. The summed E-state index contributed by atoms with van der Waals surface area (Å²) >= 11 is 3.24. The molecule has 1 aromatic heterocycles. The molecular weight excluding hydrogens is 348 g/mol. The van der Waals surface area contributed by atoms with E-state index in [2.05, 4.69) is 25.6 Å². The minimum absolute atomic E-state index is 0.306. The Morgan fingerprint density at radius 3 is 2.80 bits per heavy atom. The summed E-state index contributed by atoms with van der Waals surface area (Å²) in [5.74, 6) is 0.581. The number of ether oxygens (including phenoxy) is 2. The Morgan fingerprint density at radius 2 is 2.20 bits per heavy atom. The molecule has 112 valence electrons. The molecule has 0 aliphatic carbocycles. The Hall–Kier alpha value is -0.700. The SMILES string of the molecule is CC(C)S(=O)(=O)N[C@H]1COC[C@H]1Oc1ccc(Br)nc1. The number of halogens is 1. The lowest BCUT2D eigenvalue weighted by atomic mass is 10.2. The molecule has 1 fully saturated rings. The molecule has 20 heavy (non-hydrogen) atoms. The highest BCUT2D eigenvalue weighted by molar-refractivity contribution is 9.10. The molecule has 0 bridgehead atoms. The molecule has 0 saturated carbocycles. The lowest BCUT2D eigenvalue weighted by Gasteiger charge is -2.21. The molecule has 1 aliphatic rings. The Bertz CT molecular complexity index is 547. The fourth-order valence-corrected chi connectivity index (χ4v) is 2.86. The number of rotatable bonds is 5. The lowest BCUT2D eigenvalue weighted by molar-refractivity contribution is 0.139. The van der Waals surface area contributed by atoms with Crippen LogP contribution in [-0.4, -0.2) is 44.0 Å². The van der Waals surface area contributed by atoms with Crippen LogP contribution in [0.4, 0.5) is 0 Å². The van der Waals surface area contributed by atoms with E-state index in [-0.39, 0.29) is 12.1 Å². The summed E-state index contributed by atoms with van der Waals surface area (Å²) in [5, 5.41) is -0.488. The normalized spacial score (nSPS) is 23.2. The van der Waals surface area contributed by atoms with Gasteiger partial charge in [0.2, 0.25) is 10.0 Å². The largest absolute Gasteiger partial charge is 0.485 e. The Morgan fingerprint density at radius 1 is 1.45 bits per heavy atom. The van der Waals surface area contributed by atoms with Crippen LogP contribution in [0.2, 0.25) is 0 Å². The molecule has 6 nitrogen and oxygen atoms in total. The van der Waals surface area contributed by atoms with E-state index in [9.17, 15) is 8.42 Å². The van der Waals surface area contributed by atoms with E-state index in [0.29, 0.717) is 23.6 Å². The van der Waals surface area contributed by atoms with E-state index in [1.54, 1.807) is 32.2 Å². The molecule has 0 unspecified atom stereocenters. The smallest absolute Gasteiger partial charge is 0.214 e. The van der Waals surface area contributed by atoms with Gasteiger partial charge in [-0.15, -0.1) is 0 Å². The molecule has 0 radical (unpaired) electrons. The maximum Gasteiger partial charge on any atom is 0.214 e. The highest BCUT2D eigenvalue weighted by Crippen LogP contribution is 2.19. The maximum atomic E-state index is 11.9. The molecular formula is C12H17BrN2O4S. The van der Waals surface area contributed by atoms with Crippen molar-refractivity contribution >= 4 is 26.0 Å². The van der Waals surface area contributed by atoms with Crippen LogP contribution in [0.15, 0.2) is 22.9 Å². The van der Waals surface area contributed by atoms with Crippen LogP contribution < -0.4 is 9.46 Å². The molecule has 1 aromatic rings. The fraction of sp³-hybridized carbons (Fsp3) is 0.583. The summed E-state index contributed by atoms with van der Waals surface area (Å²) in [4.78, 5) is 4.06. The van der Waals surface area contributed by atoms with Crippen molar-refractivity contribution in [2.24, 2.45) is 0 Å². The molecule has 2 atom stereocenters. The van der Waals surface area contributed by atoms with E-state index < -0.39 is 15.3 Å². The summed E-state index contributed by atoms with van der Waals surface area (Å²) < 4.78 is 38.2. The minimum atomic E-state index is -3.35. The fourth-order valence-electron chi connectivity index (χ4n) is 1.71. The van der Waals surface area contributed by atoms with Crippen molar-refractivity contribution in [2.45, 2.75) is 31.2 Å². The number of hydrogen-bond donors (Lipinski definition) is 1.